The molecule has 1 N–H and O–H groups in total. The number of benzene rings is 2. The van der Waals surface area contributed by atoms with E-state index in [9.17, 15) is 14.0 Å². The van der Waals surface area contributed by atoms with E-state index in [0.717, 1.165) is 22.3 Å². The normalized spacial score (nSPS) is 11.0. The molecule has 2 aromatic heterocycles. The molecule has 0 spiro atoms. The molecule has 0 saturated heterocycles. The first-order chi connectivity index (χ1) is 14.5. The number of nitrogens with one attached hydrogen (secondary N) is 1. The minimum atomic E-state index is -0.514. The molecule has 0 aliphatic heterocycles. The first kappa shape index (κ1) is 19.9. The van der Waals surface area contributed by atoms with Crippen LogP contribution in [0.2, 0.25) is 0 Å². The highest BCUT2D eigenvalue weighted by Gasteiger charge is 2.12. The molecule has 6 nitrogen and oxygen atoms in total. The highest BCUT2D eigenvalue weighted by Crippen LogP contribution is 2.21. The second-order valence-electron chi connectivity index (χ2n) is 6.80. The van der Waals surface area contributed by atoms with Gasteiger partial charge in [0.15, 0.2) is 0 Å². The molecule has 1 amide bonds. The van der Waals surface area contributed by atoms with E-state index in [2.05, 4.69) is 15.3 Å². The first-order valence-corrected chi connectivity index (χ1v) is 10.3. The Morgan fingerprint density at radius 1 is 1.17 bits per heavy atom. The van der Waals surface area contributed by atoms with Gasteiger partial charge in [0.25, 0.3) is 5.56 Å². The number of aryl methyl sites for hydroxylation is 1. The van der Waals surface area contributed by atoms with Gasteiger partial charge in [-0.3, -0.25) is 14.2 Å². The van der Waals surface area contributed by atoms with Crippen molar-refractivity contribution in [3.63, 3.8) is 0 Å². The number of hydrogen-bond donors (Lipinski definition) is 1. The Bertz CT molecular complexity index is 1270. The smallest absolute Gasteiger partial charge is 0.261 e. The second-order valence-corrected chi connectivity index (χ2v) is 7.75. The number of hydrogen-bond acceptors (Lipinski definition) is 5. The third-order valence-corrected chi connectivity index (χ3v) is 5.60. The molecule has 0 saturated carbocycles. The topological polar surface area (TPSA) is 76.9 Å². The molecule has 0 radical (unpaired) electrons. The zero-order chi connectivity index (χ0) is 21.1. The van der Waals surface area contributed by atoms with Crippen LogP contribution in [-0.4, -0.2) is 27.0 Å². The van der Waals surface area contributed by atoms with Gasteiger partial charge < -0.3 is 5.32 Å². The second kappa shape index (κ2) is 8.54. The lowest BCUT2D eigenvalue weighted by atomic mass is 10.2. The zero-order valence-electron chi connectivity index (χ0n) is 16.3. The van der Waals surface area contributed by atoms with E-state index in [0.29, 0.717) is 24.3 Å². The third kappa shape index (κ3) is 4.28. The molecule has 0 atom stereocenters. The number of amides is 1. The molecule has 0 unspecified atom stereocenters. The maximum absolute atomic E-state index is 13.5. The minimum absolute atomic E-state index is 0.157. The summed E-state index contributed by atoms with van der Waals surface area (Å²) < 4.78 is 14.7. The molecule has 152 valence electrons. The van der Waals surface area contributed by atoms with Gasteiger partial charge in [0.2, 0.25) is 5.91 Å². The number of rotatable bonds is 6. The van der Waals surface area contributed by atoms with Crippen LogP contribution in [0, 0.1) is 12.7 Å². The minimum Gasteiger partial charge on any atom is -0.354 e. The van der Waals surface area contributed by atoms with Crippen molar-refractivity contribution < 1.29 is 9.18 Å². The maximum Gasteiger partial charge on any atom is 0.261 e. The Morgan fingerprint density at radius 3 is 2.77 bits per heavy atom. The molecule has 0 aliphatic rings. The van der Waals surface area contributed by atoms with Crippen LogP contribution >= 0.6 is 11.3 Å². The predicted molar refractivity (Wildman–Crippen MR) is 115 cm³/mol. The fourth-order valence-electron chi connectivity index (χ4n) is 3.17. The van der Waals surface area contributed by atoms with Crippen LogP contribution < -0.4 is 10.9 Å². The summed E-state index contributed by atoms with van der Waals surface area (Å²) in [4.78, 5) is 33.9. The van der Waals surface area contributed by atoms with Gasteiger partial charge in [0, 0.05) is 23.9 Å². The van der Waals surface area contributed by atoms with Gasteiger partial charge in [-0.1, -0.05) is 30.3 Å². The van der Waals surface area contributed by atoms with Gasteiger partial charge in [-0.25, -0.2) is 14.4 Å². The van der Waals surface area contributed by atoms with Crippen LogP contribution in [0.3, 0.4) is 0 Å². The maximum atomic E-state index is 13.5. The highest BCUT2D eigenvalue weighted by atomic mass is 32.1. The Kier molecular flexibility index (Phi) is 5.67. The molecule has 2 aromatic carbocycles. The lowest BCUT2D eigenvalue weighted by molar-refractivity contribution is -0.121. The first-order valence-electron chi connectivity index (χ1n) is 9.44. The third-order valence-electron chi connectivity index (χ3n) is 4.69. The van der Waals surface area contributed by atoms with Crippen molar-refractivity contribution in [2.45, 2.75) is 19.9 Å². The summed E-state index contributed by atoms with van der Waals surface area (Å²) in [5.74, 6) is -0.418. The van der Waals surface area contributed by atoms with Crippen LogP contribution in [0.15, 0.2) is 58.7 Å². The number of carbonyl (C=O) groups is 1. The molecular formula is C22H19FN4O2S. The van der Waals surface area contributed by atoms with Crippen molar-refractivity contribution >= 4 is 28.1 Å². The van der Waals surface area contributed by atoms with Crippen LogP contribution in [0.1, 0.15) is 10.8 Å². The molecule has 0 fully saturated rings. The van der Waals surface area contributed by atoms with Gasteiger partial charge in [-0.2, -0.15) is 0 Å². The molecular weight excluding hydrogens is 403 g/mol. The van der Waals surface area contributed by atoms with E-state index in [-0.39, 0.29) is 17.8 Å². The van der Waals surface area contributed by atoms with Crippen molar-refractivity contribution in [3.05, 3.63) is 80.9 Å². The molecule has 30 heavy (non-hydrogen) atoms. The highest BCUT2D eigenvalue weighted by molar-refractivity contribution is 7.09. The fourth-order valence-corrected chi connectivity index (χ4v) is 3.97. The van der Waals surface area contributed by atoms with Gasteiger partial charge in [0.05, 0.1) is 21.6 Å². The molecule has 2 heterocycles. The average molecular weight is 422 g/mol. The largest absolute Gasteiger partial charge is 0.354 e. The van der Waals surface area contributed by atoms with Crippen molar-refractivity contribution in [1.82, 2.24) is 19.9 Å². The summed E-state index contributed by atoms with van der Waals surface area (Å²) in [7, 11) is 0. The van der Waals surface area contributed by atoms with Crippen molar-refractivity contribution in [2.75, 3.05) is 6.54 Å². The quantitative estimate of drug-likeness (QED) is 0.517. The summed E-state index contributed by atoms with van der Waals surface area (Å²) in [6.07, 6.45) is 0.596. The summed E-state index contributed by atoms with van der Waals surface area (Å²) >= 11 is 1.54. The van der Waals surface area contributed by atoms with Gasteiger partial charge >= 0.3 is 0 Å². The van der Waals surface area contributed by atoms with E-state index in [1.165, 1.54) is 16.7 Å². The van der Waals surface area contributed by atoms with Crippen LogP contribution in [0.25, 0.3) is 22.2 Å². The molecule has 4 aromatic rings. The Morgan fingerprint density at radius 2 is 1.97 bits per heavy atom. The Balaban J connectivity index is 1.39. The molecule has 8 heteroatoms. The molecule has 0 bridgehead atoms. The summed E-state index contributed by atoms with van der Waals surface area (Å²) in [5, 5.41) is 5.88. The Hall–Kier alpha value is -3.39. The zero-order valence-corrected chi connectivity index (χ0v) is 17.1. The standard InChI is InChI=1S/C22H19FN4O2S/c1-14-25-18-8-7-16(23)11-17(18)22(29)27(14)12-20(28)24-10-9-21-26-19(13-30-21)15-5-3-2-4-6-15/h2-8,11,13H,9-10,12H2,1H3,(H,24,28). The number of halogens is 1. The van der Waals surface area contributed by atoms with E-state index in [1.807, 2.05) is 35.7 Å². The molecule has 4 rings (SSSR count). The van der Waals surface area contributed by atoms with E-state index < -0.39 is 11.4 Å². The SMILES string of the molecule is Cc1nc2ccc(F)cc2c(=O)n1CC(=O)NCCc1nc(-c2ccccc2)cs1. The Labute approximate surface area is 176 Å². The number of thiazole rings is 1. The van der Waals surface area contributed by atoms with Crippen LogP contribution in [0.4, 0.5) is 4.39 Å². The van der Waals surface area contributed by atoms with Gasteiger partial charge in [-0.05, 0) is 25.1 Å². The summed E-state index contributed by atoms with van der Waals surface area (Å²) in [5.41, 5.74) is 1.95. The summed E-state index contributed by atoms with van der Waals surface area (Å²) in [6, 6.07) is 13.8. The number of fused-ring (bicyclic) bond motifs is 1. The summed E-state index contributed by atoms with van der Waals surface area (Å²) in [6.45, 7) is 1.89. The number of nitrogens with zero attached hydrogens (tertiary/aromatic N) is 3. The van der Waals surface area contributed by atoms with Gasteiger partial charge in [-0.15, -0.1) is 11.3 Å². The van der Waals surface area contributed by atoms with Crippen LogP contribution in [-0.2, 0) is 17.8 Å². The average Bonchev–Trinajstić information content (AvgIpc) is 3.21. The predicted octanol–water partition coefficient (Wildman–Crippen LogP) is 3.33. The van der Waals surface area contributed by atoms with Crippen molar-refractivity contribution in [2.24, 2.45) is 0 Å². The van der Waals surface area contributed by atoms with Gasteiger partial charge in [0.1, 0.15) is 18.2 Å². The van der Waals surface area contributed by atoms with Crippen molar-refractivity contribution in [1.29, 1.82) is 0 Å². The molecule has 0 aliphatic carbocycles. The lowest BCUT2D eigenvalue weighted by Crippen LogP contribution is -2.34. The lowest BCUT2D eigenvalue weighted by Gasteiger charge is -2.11. The number of aromatic nitrogens is 3. The number of carbonyl (C=O) groups excluding carboxylic acids is 1. The van der Waals surface area contributed by atoms with E-state index >= 15 is 0 Å². The van der Waals surface area contributed by atoms with Crippen LogP contribution in [0.5, 0.6) is 0 Å². The monoisotopic (exact) mass is 422 g/mol. The van der Waals surface area contributed by atoms with E-state index in [4.69, 9.17) is 0 Å². The van der Waals surface area contributed by atoms with E-state index in [1.54, 1.807) is 18.3 Å². The van der Waals surface area contributed by atoms with Crippen molar-refractivity contribution in [3.8, 4) is 11.3 Å². The fraction of sp³-hybridized carbons (Fsp3) is 0.182.